The molecule has 0 saturated carbocycles. The van der Waals surface area contributed by atoms with Crippen molar-refractivity contribution < 1.29 is 0 Å². The summed E-state index contributed by atoms with van der Waals surface area (Å²) < 4.78 is 0. The molecule has 0 amide bonds. The minimum Gasteiger partial charge on any atom is -0.340 e. The van der Waals surface area contributed by atoms with Gasteiger partial charge in [0, 0.05) is 11.4 Å². The smallest absolute Gasteiger partial charge is 0.151 e. The van der Waals surface area contributed by atoms with Gasteiger partial charge in [-0.15, -0.1) is 0 Å². The third kappa shape index (κ3) is 7.01. The lowest BCUT2D eigenvalue weighted by atomic mass is 9.80. The summed E-state index contributed by atoms with van der Waals surface area (Å²) in [6.45, 7) is 28.8. The molecule has 2 N–H and O–H groups in total. The van der Waals surface area contributed by atoms with Gasteiger partial charge in [-0.05, 0) is 74.6 Å². The molecule has 1 heterocycles. The largest absolute Gasteiger partial charge is 0.340 e. The van der Waals surface area contributed by atoms with Crippen molar-refractivity contribution in [3.8, 4) is 6.07 Å². The topological polar surface area (TPSA) is 60.7 Å². The summed E-state index contributed by atoms with van der Waals surface area (Å²) in [6, 6.07) is 17.6. The number of benzene rings is 2. The highest BCUT2D eigenvalue weighted by Crippen LogP contribution is 2.38. The number of pyridine rings is 1. The van der Waals surface area contributed by atoms with Gasteiger partial charge in [0.25, 0.3) is 0 Å². The summed E-state index contributed by atoms with van der Waals surface area (Å²) >= 11 is 0. The van der Waals surface area contributed by atoms with Crippen LogP contribution < -0.4 is 10.6 Å². The molecule has 208 valence electrons. The number of rotatable bonds is 4. The first kappa shape index (κ1) is 30.2. The lowest BCUT2D eigenvalue weighted by Crippen LogP contribution is -2.18. The van der Waals surface area contributed by atoms with Crippen molar-refractivity contribution in [1.29, 1.82) is 5.26 Å². The average molecular weight is 525 g/mol. The van der Waals surface area contributed by atoms with Crippen LogP contribution in [-0.4, -0.2) is 4.98 Å². The van der Waals surface area contributed by atoms with Crippen molar-refractivity contribution in [3.63, 3.8) is 0 Å². The Labute approximate surface area is 237 Å². The van der Waals surface area contributed by atoms with Gasteiger partial charge in [0.05, 0.1) is 5.56 Å². The Kier molecular flexibility index (Phi) is 8.01. The van der Waals surface area contributed by atoms with Crippen LogP contribution in [-0.2, 0) is 21.7 Å². The molecule has 2 aromatic carbocycles. The Morgan fingerprint density at radius 3 is 1.44 bits per heavy atom. The molecule has 0 saturated heterocycles. The fourth-order valence-corrected chi connectivity index (χ4v) is 4.71. The molecule has 3 rings (SSSR count). The van der Waals surface area contributed by atoms with E-state index < -0.39 is 0 Å². The first-order valence-corrected chi connectivity index (χ1v) is 14.0. The molecule has 0 aliphatic carbocycles. The van der Waals surface area contributed by atoms with Crippen LogP contribution in [0.15, 0.2) is 42.5 Å². The van der Waals surface area contributed by atoms with Crippen molar-refractivity contribution in [2.75, 3.05) is 10.6 Å². The Morgan fingerprint density at radius 2 is 1.05 bits per heavy atom. The zero-order chi connectivity index (χ0) is 29.6. The molecule has 0 aliphatic rings. The maximum absolute atomic E-state index is 10.0. The number of hydrogen-bond donors (Lipinski definition) is 2. The molecule has 1 aromatic heterocycles. The van der Waals surface area contributed by atoms with Gasteiger partial charge in [0.1, 0.15) is 11.9 Å². The predicted molar refractivity (Wildman–Crippen MR) is 168 cm³/mol. The molecule has 0 radical (unpaired) electrons. The molecule has 0 unspecified atom stereocenters. The van der Waals surface area contributed by atoms with Crippen LogP contribution in [0, 0.1) is 18.3 Å². The second-order valence-electron chi connectivity index (χ2n) is 14.9. The number of hydrogen-bond acceptors (Lipinski definition) is 4. The molecule has 3 aromatic rings. The summed E-state index contributed by atoms with van der Waals surface area (Å²) in [4.78, 5) is 4.94. The fraction of sp³-hybridized carbons (Fsp3) is 0.486. The van der Waals surface area contributed by atoms with E-state index in [2.05, 4.69) is 136 Å². The van der Waals surface area contributed by atoms with Gasteiger partial charge < -0.3 is 10.6 Å². The second kappa shape index (κ2) is 10.3. The first-order chi connectivity index (χ1) is 17.7. The van der Waals surface area contributed by atoms with Gasteiger partial charge in [0.15, 0.2) is 5.82 Å². The SMILES string of the molecule is Cc1cc(Nc2ccc(C(C)(C)C)cc2C(C)(C)C)nc(Nc2ccc(C(C)(C)C)cc2C(C)(C)C)c1C#N. The standard InChI is InChI=1S/C35H48N4/c1-22-18-30(37-28-16-14-23(32(2,3)4)19-26(28)34(8,9)10)39-31(25(22)21-36)38-29-17-15-24(33(5,6)7)20-27(29)35(11,12)13/h14-20H,1-13H3,(H2,37,38,39). The van der Waals surface area contributed by atoms with Gasteiger partial charge in [-0.2, -0.15) is 5.26 Å². The van der Waals surface area contributed by atoms with Crippen LogP contribution in [0.25, 0.3) is 0 Å². The van der Waals surface area contributed by atoms with Crippen LogP contribution in [0.1, 0.15) is 116 Å². The van der Waals surface area contributed by atoms with Crippen molar-refractivity contribution in [3.05, 3.63) is 75.8 Å². The van der Waals surface area contributed by atoms with Crippen molar-refractivity contribution in [2.24, 2.45) is 0 Å². The third-order valence-corrected chi connectivity index (χ3v) is 7.23. The van der Waals surface area contributed by atoms with E-state index in [0.717, 1.165) is 16.9 Å². The van der Waals surface area contributed by atoms with Crippen LogP contribution in [0.5, 0.6) is 0 Å². The number of aromatic nitrogens is 1. The van der Waals surface area contributed by atoms with Crippen LogP contribution in [0.3, 0.4) is 0 Å². The minimum atomic E-state index is -0.0856. The normalized spacial score (nSPS) is 12.7. The number of nitriles is 1. The Bertz CT molecular complexity index is 1400. The van der Waals surface area contributed by atoms with E-state index in [1.807, 2.05) is 13.0 Å². The third-order valence-electron chi connectivity index (χ3n) is 7.23. The lowest BCUT2D eigenvalue weighted by Gasteiger charge is -2.28. The number of aryl methyl sites for hydroxylation is 1. The molecule has 4 heteroatoms. The highest BCUT2D eigenvalue weighted by atomic mass is 15.1. The highest BCUT2D eigenvalue weighted by molar-refractivity contribution is 5.72. The van der Waals surface area contributed by atoms with Gasteiger partial charge in [-0.3, -0.25) is 0 Å². The molecule has 0 atom stereocenters. The number of nitrogens with one attached hydrogen (secondary N) is 2. The Balaban J connectivity index is 2.11. The highest BCUT2D eigenvalue weighted by Gasteiger charge is 2.25. The molecular weight excluding hydrogens is 476 g/mol. The van der Waals surface area contributed by atoms with Crippen molar-refractivity contribution in [1.82, 2.24) is 4.98 Å². The fourth-order valence-electron chi connectivity index (χ4n) is 4.71. The summed E-state index contributed by atoms with van der Waals surface area (Å²) in [5.74, 6) is 1.28. The van der Waals surface area contributed by atoms with E-state index in [1.54, 1.807) is 0 Å². The zero-order valence-corrected chi connectivity index (χ0v) is 26.4. The van der Waals surface area contributed by atoms with E-state index in [9.17, 15) is 5.26 Å². The van der Waals surface area contributed by atoms with E-state index in [0.29, 0.717) is 17.2 Å². The van der Waals surface area contributed by atoms with E-state index >= 15 is 0 Å². The van der Waals surface area contributed by atoms with E-state index in [1.165, 1.54) is 22.3 Å². The van der Waals surface area contributed by atoms with E-state index in [-0.39, 0.29) is 21.7 Å². The maximum atomic E-state index is 10.0. The minimum absolute atomic E-state index is 0.0440. The molecular formula is C35H48N4. The Hall–Kier alpha value is -3.32. The van der Waals surface area contributed by atoms with Crippen LogP contribution in [0.2, 0.25) is 0 Å². The van der Waals surface area contributed by atoms with Crippen molar-refractivity contribution in [2.45, 2.75) is 112 Å². The summed E-state index contributed by atoms with van der Waals surface area (Å²) in [5.41, 5.74) is 8.43. The summed E-state index contributed by atoms with van der Waals surface area (Å²) in [5, 5.41) is 17.2. The molecule has 39 heavy (non-hydrogen) atoms. The molecule has 0 aliphatic heterocycles. The quantitative estimate of drug-likeness (QED) is 0.356. The summed E-state index contributed by atoms with van der Waals surface area (Å²) in [6.07, 6.45) is 0. The molecule has 0 fully saturated rings. The first-order valence-electron chi connectivity index (χ1n) is 14.0. The maximum Gasteiger partial charge on any atom is 0.151 e. The van der Waals surface area contributed by atoms with Gasteiger partial charge in [0.2, 0.25) is 0 Å². The van der Waals surface area contributed by atoms with Gasteiger partial charge in [-0.25, -0.2) is 4.98 Å². The van der Waals surface area contributed by atoms with Crippen LogP contribution in [0.4, 0.5) is 23.0 Å². The molecule has 0 bridgehead atoms. The van der Waals surface area contributed by atoms with E-state index in [4.69, 9.17) is 4.98 Å². The molecule has 0 spiro atoms. The monoisotopic (exact) mass is 524 g/mol. The van der Waals surface area contributed by atoms with Gasteiger partial charge >= 0.3 is 0 Å². The summed E-state index contributed by atoms with van der Waals surface area (Å²) in [7, 11) is 0. The second-order valence-corrected chi connectivity index (χ2v) is 14.9. The Morgan fingerprint density at radius 1 is 0.615 bits per heavy atom. The van der Waals surface area contributed by atoms with Crippen LogP contribution >= 0.6 is 0 Å². The van der Waals surface area contributed by atoms with Crippen molar-refractivity contribution >= 4 is 23.0 Å². The number of nitrogens with zero attached hydrogens (tertiary/aromatic N) is 2. The zero-order valence-electron chi connectivity index (χ0n) is 26.4. The average Bonchev–Trinajstić information content (AvgIpc) is 2.76. The molecule has 4 nitrogen and oxygen atoms in total. The number of anilines is 4. The van der Waals surface area contributed by atoms with Gasteiger partial charge in [-0.1, -0.05) is 107 Å². The predicted octanol–water partition coefficient (Wildman–Crippen LogP) is 9.94. The lowest BCUT2D eigenvalue weighted by molar-refractivity contribution is 0.569.